The van der Waals surface area contributed by atoms with Gasteiger partial charge in [-0.1, -0.05) is 13.8 Å². The molecule has 100 valence electrons. The molecule has 0 bridgehead atoms. The minimum absolute atomic E-state index is 0.00582. The molecular weight excluding hydrogens is 246 g/mol. The van der Waals surface area contributed by atoms with Crippen LogP contribution in [0.2, 0.25) is 0 Å². The van der Waals surface area contributed by atoms with E-state index in [0.29, 0.717) is 5.69 Å². The number of nitrogens with two attached hydrogens (primary N) is 1. The highest BCUT2D eigenvalue weighted by Gasteiger charge is 2.21. The zero-order valence-electron chi connectivity index (χ0n) is 11.3. The molecule has 0 spiro atoms. The molecule has 0 radical (unpaired) electrons. The first-order chi connectivity index (χ1) is 8.49. The van der Waals surface area contributed by atoms with E-state index in [1.807, 2.05) is 19.9 Å². The van der Waals surface area contributed by atoms with Gasteiger partial charge < -0.3 is 15.5 Å². The van der Waals surface area contributed by atoms with Crippen molar-refractivity contribution in [3.8, 4) is 0 Å². The normalized spacial score (nSPS) is 17.4. The van der Waals surface area contributed by atoms with E-state index < -0.39 is 0 Å². The Balaban J connectivity index is 2.16. The van der Waals surface area contributed by atoms with E-state index in [9.17, 15) is 4.79 Å². The number of hydrogen-bond donors (Lipinski definition) is 1. The summed E-state index contributed by atoms with van der Waals surface area (Å²) in [7, 11) is 2.13. The SMILES string of the molecule is CC(C)C(=O)c1sc(N2CCN(C)CC2)cc1N. The second kappa shape index (κ2) is 5.28. The summed E-state index contributed by atoms with van der Waals surface area (Å²) in [4.78, 5) is 17.4. The summed E-state index contributed by atoms with van der Waals surface area (Å²) in [5.74, 6) is 0.157. The quantitative estimate of drug-likeness (QED) is 0.850. The van der Waals surface area contributed by atoms with Crippen LogP contribution < -0.4 is 10.6 Å². The minimum Gasteiger partial charge on any atom is -0.397 e. The van der Waals surface area contributed by atoms with Crippen LogP contribution in [0, 0.1) is 5.92 Å². The molecule has 0 unspecified atom stereocenters. The van der Waals surface area contributed by atoms with Crippen LogP contribution in [0.3, 0.4) is 0 Å². The zero-order valence-corrected chi connectivity index (χ0v) is 12.1. The van der Waals surface area contributed by atoms with Crippen LogP contribution in [0.25, 0.3) is 0 Å². The summed E-state index contributed by atoms with van der Waals surface area (Å²) in [5, 5.41) is 1.13. The fourth-order valence-electron chi connectivity index (χ4n) is 2.03. The van der Waals surface area contributed by atoms with Crippen molar-refractivity contribution < 1.29 is 4.79 Å². The van der Waals surface area contributed by atoms with Crippen molar-refractivity contribution in [1.82, 2.24) is 4.90 Å². The van der Waals surface area contributed by atoms with Crippen molar-refractivity contribution in [2.75, 3.05) is 43.9 Å². The van der Waals surface area contributed by atoms with Gasteiger partial charge in [0.25, 0.3) is 0 Å². The van der Waals surface area contributed by atoms with E-state index >= 15 is 0 Å². The number of Topliss-reactive ketones (excluding diaryl/α,β-unsaturated/α-hetero) is 1. The van der Waals surface area contributed by atoms with Gasteiger partial charge in [-0.2, -0.15) is 0 Å². The topological polar surface area (TPSA) is 49.6 Å². The largest absolute Gasteiger partial charge is 0.397 e. The Morgan fingerprint density at radius 2 is 1.94 bits per heavy atom. The molecular formula is C13H21N3OS. The Labute approximate surface area is 112 Å². The third-order valence-electron chi connectivity index (χ3n) is 3.31. The summed E-state index contributed by atoms with van der Waals surface area (Å²) in [5.41, 5.74) is 6.60. The number of thiophene rings is 1. The van der Waals surface area contributed by atoms with Gasteiger partial charge in [-0.15, -0.1) is 11.3 Å². The third kappa shape index (κ3) is 2.67. The number of carbonyl (C=O) groups is 1. The van der Waals surface area contributed by atoms with Crippen molar-refractivity contribution >= 4 is 27.8 Å². The van der Waals surface area contributed by atoms with Crippen LogP contribution in [0.15, 0.2) is 6.07 Å². The smallest absolute Gasteiger partial charge is 0.177 e. The maximum atomic E-state index is 12.0. The molecule has 4 nitrogen and oxygen atoms in total. The lowest BCUT2D eigenvalue weighted by atomic mass is 10.1. The average Bonchev–Trinajstić information content (AvgIpc) is 2.71. The van der Waals surface area contributed by atoms with Gasteiger partial charge in [-0.3, -0.25) is 4.79 Å². The average molecular weight is 267 g/mol. The maximum Gasteiger partial charge on any atom is 0.177 e. The second-order valence-corrected chi connectivity index (χ2v) is 6.21. The van der Waals surface area contributed by atoms with Gasteiger partial charge in [0.2, 0.25) is 0 Å². The predicted octanol–water partition coefficient (Wildman–Crippen LogP) is 1.92. The van der Waals surface area contributed by atoms with Crippen LogP contribution >= 0.6 is 11.3 Å². The standard InChI is InChI=1S/C13H21N3OS/c1-9(2)12(17)13-10(14)8-11(18-13)16-6-4-15(3)5-7-16/h8-9H,4-7,14H2,1-3H3. The number of piperazine rings is 1. The van der Waals surface area contributed by atoms with Crippen LogP contribution in [0.5, 0.6) is 0 Å². The number of carbonyl (C=O) groups excluding carboxylic acids is 1. The second-order valence-electron chi connectivity index (χ2n) is 5.18. The summed E-state index contributed by atoms with van der Waals surface area (Å²) >= 11 is 1.54. The fraction of sp³-hybridized carbons (Fsp3) is 0.615. The molecule has 2 rings (SSSR count). The van der Waals surface area contributed by atoms with Gasteiger partial charge in [0.05, 0.1) is 15.6 Å². The van der Waals surface area contributed by atoms with Crippen molar-refractivity contribution in [1.29, 1.82) is 0 Å². The maximum absolute atomic E-state index is 12.0. The molecule has 1 aliphatic rings. The molecule has 0 atom stereocenters. The molecule has 0 aromatic carbocycles. The molecule has 1 aliphatic heterocycles. The summed E-state index contributed by atoms with van der Waals surface area (Å²) in [6.45, 7) is 7.96. The Bertz CT molecular complexity index is 433. The molecule has 18 heavy (non-hydrogen) atoms. The number of hydrogen-bond acceptors (Lipinski definition) is 5. The number of nitrogen functional groups attached to an aromatic ring is 1. The Morgan fingerprint density at radius 1 is 1.33 bits per heavy atom. The molecule has 1 aromatic rings. The van der Waals surface area contributed by atoms with Gasteiger partial charge in [0, 0.05) is 32.1 Å². The number of nitrogens with zero attached hydrogens (tertiary/aromatic N) is 2. The fourth-order valence-corrected chi connectivity index (χ4v) is 3.25. The van der Waals surface area contributed by atoms with E-state index in [2.05, 4.69) is 16.8 Å². The van der Waals surface area contributed by atoms with Gasteiger partial charge in [-0.25, -0.2) is 0 Å². The van der Waals surface area contributed by atoms with Crippen LogP contribution in [0.1, 0.15) is 23.5 Å². The van der Waals surface area contributed by atoms with Gasteiger partial charge in [-0.05, 0) is 13.1 Å². The molecule has 0 aliphatic carbocycles. The van der Waals surface area contributed by atoms with Crippen LogP contribution in [0.4, 0.5) is 10.7 Å². The summed E-state index contributed by atoms with van der Waals surface area (Å²) in [6.07, 6.45) is 0. The third-order valence-corrected chi connectivity index (χ3v) is 4.54. The van der Waals surface area contributed by atoms with E-state index in [-0.39, 0.29) is 11.7 Å². The lowest BCUT2D eigenvalue weighted by Crippen LogP contribution is -2.44. The Hall–Kier alpha value is -1.07. The van der Waals surface area contributed by atoms with Crippen LogP contribution in [-0.4, -0.2) is 43.9 Å². The highest BCUT2D eigenvalue weighted by Crippen LogP contribution is 2.34. The lowest BCUT2D eigenvalue weighted by Gasteiger charge is -2.32. The monoisotopic (exact) mass is 267 g/mol. The molecule has 1 fully saturated rings. The molecule has 2 heterocycles. The minimum atomic E-state index is 0.00582. The summed E-state index contributed by atoms with van der Waals surface area (Å²) < 4.78 is 0. The van der Waals surface area contributed by atoms with Crippen LogP contribution in [-0.2, 0) is 0 Å². The lowest BCUT2D eigenvalue weighted by molar-refractivity contribution is 0.0944. The van der Waals surface area contributed by atoms with Crippen molar-refractivity contribution in [3.63, 3.8) is 0 Å². The first-order valence-electron chi connectivity index (χ1n) is 6.36. The molecule has 1 aromatic heterocycles. The number of rotatable bonds is 3. The van der Waals surface area contributed by atoms with Crippen molar-refractivity contribution in [3.05, 3.63) is 10.9 Å². The van der Waals surface area contributed by atoms with E-state index in [0.717, 1.165) is 36.1 Å². The molecule has 0 amide bonds. The summed E-state index contributed by atoms with van der Waals surface area (Å²) in [6, 6.07) is 1.95. The predicted molar refractivity (Wildman–Crippen MR) is 77.6 cm³/mol. The molecule has 5 heteroatoms. The molecule has 0 saturated carbocycles. The van der Waals surface area contributed by atoms with E-state index in [4.69, 9.17) is 5.73 Å². The first-order valence-corrected chi connectivity index (χ1v) is 7.17. The van der Waals surface area contributed by atoms with E-state index in [1.165, 1.54) is 11.3 Å². The van der Waals surface area contributed by atoms with Crippen molar-refractivity contribution in [2.24, 2.45) is 5.92 Å². The van der Waals surface area contributed by atoms with E-state index in [1.54, 1.807) is 0 Å². The molecule has 1 saturated heterocycles. The molecule has 2 N–H and O–H groups in total. The van der Waals surface area contributed by atoms with Gasteiger partial charge in [0.15, 0.2) is 5.78 Å². The zero-order chi connectivity index (χ0) is 13.3. The Kier molecular flexibility index (Phi) is 3.92. The number of anilines is 2. The number of ketones is 1. The Morgan fingerprint density at radius 3 is 2.50 bits per heavy atom. The highest BCUT2D eigenvalue weighted by molar-refractivity contribution is 7.18. The van der Waals surface area contributed by atoms with Crippen molar-refractivity contribution in [2.45, 2.75) is 13.8 Å². The van der Waals surface area contributed by atoms with Gasteiger partial charge in [0.1, 0.15) is 0 Å². The number of likely N-dealkylation sites (N-methyl/N-ethyl adjacent to an activating group) is 1. The first kappa shape index (κ1) is 13.4. The highest BCUT2D eigenvalue weighted by atomic mass is 32.1. The van der Waals surface area contributed by atoms with Gasteiger partial charge >= 0.3 is 0 Å².